The monoisotopic (exact) mass is 260 g/mol. The molecule has 19 heavy (non-hydrogen) atoms. The van der Waals surface area contributed by atoms with E-state index < -0.39 is 6.10 Å². The van der Waals surface area contributed by atoms with Crippen LogP contribution < -0.4 is 0 Å². The zero-order chi connectivity index (χ0) is 13.8. The molecule has 1 aliphatic rings. The molecular weight excluding hydrogens is 244 g/mol. The lowest BCUT2D eigenvalue weighted by Crippen LogP contribution is -2.41. The second kappa shape index (κ2) is 5.83. The van der Waals surface area contributed by atoms with Crippen molar-refractivity contribution < 1.29 is 14.6 Å². The van der Waals surface area contributed by atoms with Gasteiger partial charge >= 0.3 is 0 Å². The van der Waals surface area contributed by atoms with Gasteiger partial charge in [-0.2, -0.15) is 5.26 Å². The average molecular weight is 260 g/mol. The van der Waals surface area contributed by atoms with Gasteiger partial charge in [-0.05, 0) is 25.1 Å². The number of carbonyl (C=O) groups excluding carboxylic acids is 1. The minimum atomic E-state index is -0.424. The molecule has 1 aliphatic heterocycles. The normalized spacial score (nSPS) is 19.9. The van der Waals surface area contributed by atoms with Crippen LogP contribution in [0.4, 0.5) is 0 Å². The van der Waals surface area contributed by atoms with Gasteiger partial charge in [0, 0.05) is 30.8 Å². The molecule has 1 aromatic carbocycles. The Morgan fingerprint density at radius 1 is 1.63 bits per heavy atom. The van der Waals surface area contributed by atoms with Crippen LogP contribution in [0.25, 0.3) is 0 Å². The molecule has 1 aromatic rings. The van der Waals surface area contributed by atoms with Gasteiger partial charge in [0.15, 0.2) is 11.9 Å². The number of phenols is 1. The van der Waals surface area contributed by atoms with Crippen LogP contribution in [0.1, 0.15) is 22.8 Å². The molecule has 1 heterocycles. The Morgan fingerprint density at radius 2 is 2.42 bits per heavy atom. The van der Waals surface area contributed by atoms with Gasteiger partial charge in [0.05, 0.1) is 12.7 Å². The van der Waals surface area contributed by atoms with Gasteiger partial charge in [-0.25, -0.2) is 0 Å². The summed E-state index contributed by atoms with van der Waals surface area (Å²) in [7, 11) is 0. The number of ether oxygens (including phenoxy) is 1. The van der Waals surface area contributed by atoms with Crippen molar-refractivity contribution in [1.82, 2.24) is 4.90 Å². The third-order valence-electron chi connectivity index (χ3n) is 3.17. The van der Waals surface area contributed by atoms with Crippen molar-refractivity contribution in [2.75, 3.05) is 19.7 Å². The number of morpholine rings is 1. The maximum absolute atomic E-state index is 11.3. The molecule has 0 aromatic heterocycles. The SMILES string of the molecule is CC(=O)c1ccc(O)c(CN2CCOC(C#N)C2)c1. The van der Waals surface area contributed by atoms with E-state index in [1.165, 1.54) is 13.0 Å². The molecule has 1 fully saturated rings. The number of Topliss-reactive ketones (excluding diaryl/α,β-unsaturated/α-hetero) is 1. The van der Waals surface area contributed by atoms with Crippen LogP contribution in [0.5, 0.6) is 5.75 Å². The first-order chi connectivity index (χ1) is 9.10. The van der Waals surface area contributed by atoms with Crippen molar-refractivity contribution in [3.63, 3.8) is 0 Å². The van der Waals surface area contributed by atoms with Gasteiger partial charge < -0.3 is 9.84 Å². The van der Waals surface area contributed by atoms with Crippen molar-refractivity contribution in [3.05, 3.63) is 29.3 Å². The lowest BCUT2D eigenvalue weighted by Gasteiger charge is -2.29. The number of benzene rings is 1. The minimum absolute atomic E-state index is 0.0295. The van der Waals surface area contributed by atoms with E-state index in [1.54, 1.807) is 12.1 Å². The summed E-state index contributed by atoms with van der Waals surface area (Å²) in [6.07, 6.45) is -0.424. The molecule has 0 spiro atoms. The molecule has 1 unspecified atom stereocenters. The Bertz CT molecular complexity index is 522. The standard InChI is InChI=1S/C14H16N2O3/c1-10(17)11-2-3-14(18)12(6-11)8-16-4-5-19-13(7-15)9-16/h2-3,6,13,18H,4-5,8-9H2,1H3. The number of aromatic hydroxyl groups is 1. The van der Waals surface area contributed by atoms with Gasteiger partial charge in [-0.3, -0.25) is 9.69 Å². The highest BCUT2D eigenvalue weighted by Crippen LogP contribution is 2.21. The maximum Gasteiger partial charge on any atom is 0.159 e. The number of nitrogens with zero attached hydrogens (tertiary/aromatic N) is 2. The quantitative estimate of drug-likeness (QED) is 0.830. The molecule has 0 bridgehead atoms. The van der Waals surface area contributed by atoms with Gasteiger partial charge in [-0.1, -0.05) is 0 Å². The van der Waals surface area contributed by atoms with Gasteiger partial charge in [0.2, 0.25) is 0 Å². The predicted molar refractivity (Wildman–Crippen MR) is 68.7 cm³/mol. The zero-order valence-corrected chi connectivity index (χ0v) is 10.8. The summed E-state index contributed by atoms with van der Waals surface area (Å²) in [4.78, 5) is 13.4. The van der Waals surface area contributed by atoms with E-state index in [4.69, 9.17) is 10.00 Å². The second-order valence-corrected chi connectivity index (χ2v) is 4.62. The summed E-state index contributed by atoms with van der Waals surface area (Å²) < 4.78 is 5.27. The van der Waals surface area contributed by atoms with E-state index in [1.807, 2.05) is 4.90 Å². The number of carbonyl (C=O) groups is 1. The van der Waals surface area contributed by atoms with E-state index in [9.17, 15) is 9.90 Å². The van der Waals surface area contributed by atoms with Crippen molar-refractivity contribution in [2.24, 2.45) is 0 Å². The van der Waals surface area contributed by atoms with Crippen LogP contribution in [-0.4, -0.2) is 41.6 Å². The molecule has 0 amide bonds. The highest BCUT2D eigenvalue weighted by atomic mass is 16.5. The number of phenolic OH excluding ortho intramolecular Hbond substituents is 1. The van der Waals surface area contributed by atoms with Crippen LogP contribution in [-0.2, 0) is 11.3 Å². The fourth-order valence-electron chi connectivity index (χ4n) is 2.10. The predicted octanol–water partition coefficient (Wildman–Crippen LogP) is 1.32. The van der Waals surface area contributed by atoms with Crippen LogP contribution in [0.2, 0.25) is 0 Å². The minimum Gasteiger partial charge on any atom is -0.508 e. The molecule has 0 aliphatic carbocycles. The van der Waals surface area contributed by atoms with Crippen molar-refractivity contribution in [3.8, 4) is 11.8 Å². The lowest BCUT2D eigenvalue weighted by atomic mass is 10.1. The van der Waals surface area contributed by atoms with Crippen molar-refractivity contribution in [2.45, 2.75) is 19.6 Å². The molecule has 0 radical (unpaired) electrons. The fourth-order valence-corrected chi connectivity index (χ4v) is 2.10. The molecule has 5 nitrogen and oxygen atoms in total. The number of hydrogen-bond acceptors (Lipinski definition) is 5. The molecule has 5 heteroatoms. The fraction of sp³-hybridized carbons (Fsp3) is 0.429. The average Bonchev–Trinajstić information content (AvgIpc) is 2.41. The van der Waals surface area contributed by atoms with Gasteiger partial charge in [0.25, 0.3) is 0 Å². The Morgan fingerprint density at radius 3 is 3.11 bits per heavy atom. The second-order valence-electron chi connectivity index (χ2n) is 4.62. The summed E-state index contributed by atoms with van der Waals surface area (Å²) in [5.41, 5.74) is 1.28. The van der Waals surface area contributed by atoms with Crippen LogP contribution in [0.3, 0.4) is 0 Å². The topological polar surface area (TPSA) is 73.6 Å². The third kappa shape index (κ3) is 3.31. The number of ketones is 1. The largest absolute Gasteiger partial charge is 0.508 e. The Balaban J connectivity index is 2.12. The summed E-state index contributed by atoms with van der Waals surface area (Å²) in [5, 5.41) is 18.7. The van der Waals surface area contributed by atoms with Crippen LogP contribution >= 0.6 is 0 Å². The Hall–Kier alpha value is -1.90. The number of nitriles is 1. The van der Waals surface area contributed by atoms with Gasteiger partial charge in [-0.15, -0.1) is 0 Å². The first-order valence-corrected chi connectivity index (χ1v) is 6.16. The molecule has 2 rings (SSSR count). The summed E-state index contributed by atoms with van der Waals surface area (Å²) in [6.45, 7) is 3.73. The van der Waals surface area contributed by atoms with Crippen LogP contribution in [0.15, 0.2) is 18.2 Å². The molecule has 1 saturated heterocycles. The highest BCUT2D eigenvalue weighted by molar-refractivity contribution is 5.94. The first-order valence-electron chi connectivity index (χ1n) is 6.16. The summed E-state index contributed by atoms with van der Waals surface area (Å²) >= 11 is 0. The van der Waals surface area contributed by atoms with Gasteiger partial charge in [0.1, 0.15) is 5.75 Å². The van der Waals surface area contributed by atoms with E-state index in [0.29, 0.717) is 37.4 Å². The molecule has 1 atom stereocenters. The third-order valence-corrected chi connectivity index (χ3v) is 3.17. The molecule has 0 saturated carbocycles. The molecular formula is C14H16N2O3. The first kappa shape index (κ1) is 13.5. The van der Waals surface area contributed by atoms with E-state index in [2.05, 4.69) is 6.07 Å². The summed E-state index contributed by atoms with van der Waals surface area (Å²) in [5.74, 6) is 0.142. The van der Waals surface area contributed by atoms with E-state index in [0.717, 1.165) is 0 Å². The maximum atomic E-state index is 11.3. The molecule has 100 valence electrons. The summed E-state index contributed by atoms with van der Waals surface area (Å²) in [6, 6.07) is 6.93. The number of hydrogen-bond donors (Lipinski definition) is 1. The van der Waals surface area contributed by atoms with Crippen LogP contribution in [0, 0.1) is 11.3 Å². The zero-order valence-electron chi connectivity index (χ0n) is 10.8. The van der Waals surface area contributed by atoms with E-state index >= 15 is 0 Å². The molecule has 1 N–H and O–H groups in total. The lowest BCUT2D eigenvalue weighted by molar-refractivity contribution is -0.00292. The highest BCUT2D eigenvalue weighted by Gasteiger charge is 2.21. The Kier molecular flexibility index (Phi) is 4.15. The van der Waals surface area contributed by atoms with Crippen molar-refractivity contribution in [1.29, 1.82) is 5.26 Å². The van der Waals surface area contributed by atoms with Crippen molar-refractivity contribution >= 4 is 5.78 Å². The Labute approximate surface area is 112 Å². The number of rotatable bonds is 3. The van der Waals surface area contributed by atoms with E-state index in [-0.39, 0.29) is 11.5 Å². The smallest absolute Gasteiger partial charge is 0.159 e.